The van der Waals surface area contributed by atoms with E-state index < -0.39 is 0 Å². The van der Waals surface area contributed by atoms with Crippen molar-refractivity contribution < 1.29 is 0 Å². The minimum absolute atomic E-state index is 0.161. The summed E-state index contributed by atoms with van der Waals surface area (Å²) in [7, 11) is 0. The number of allylic oxidation sites excluding steroid dienone is 2. The van der Waals surface area contributed by atoms with Crippen LogP contribution in [0.1, 0.15) is 13.3 Å². The Morgan fingerprint density at radius 1 is 1.13 bits per heavy atom. The van der Waals surface area contributed by atoms with E-state index in [1.54, 1.807) is 0 Å². The van der Waals surface area contributed by atoms with Crippen LogP contribution < -0.4 is 5.32 Å². The lowest BCUT2D eigenvalue weighted by molar-refractivity contribution is 0.578. The van der Waals surface area contributed by atoms with Gasteiger partial charge in [0.05, 0.1) is 0 Å². The number of nitrogens with one attached hydrogen (secondary N) is 1. The zero-order chi connectivity index (χ0) is 10.6. The Balaban J connectivity index is 1.96. The monoisotopic (exact) mass is 199 g/mol. The Morgan fingerprint density at radius 3 is 2.47 bits per heavy atom. The van der Waals surface area contributed by atoms with Crippen molar-refractivity contribution in [2.75, 3.05) is 11.9 Å². The predicted octanol–water partition coefficient (Wildman–Crippen LogP) is 3.62. The molecule has 1 aliphatic rings. The van der Waals surface area contributed by atoms with Crippen LogP contribution in [0.2, 0.25) is 0 Å². The first-order valence-electron chi connectivity index (χ1n) is 5.43. The van der Waals surface area contributed by atoms with Gasteiger partial charge in [-0.1, -0.05) is 49.4 Å². The van der Waals surface area contributed by atoms with E-state index in [4.69, 9.17) is 0 Å². The van der Waals surface area contributed by atoms with Crippen molar-refractivity contribution in [1.29, 1.82) is 0 Å². The fraction of sp³-hybridized carbons (Fsp3) is 0.286. The van der Waals surface area contributed by atoms with Crippen molar-refractivity contribution in [3.05, 3.63) is 54.6 Å². The maximum absolute atomic E-state index is 3.45. The van der Waals surface area contributed by atoms with E-state index in [1.165, 1.54) is 5.69 Å². The van der Waals surface area contributed by atoms with Crippen LogP contribution in [0.4, 0.5) is 5.69 Å². The third kappa shape index (κ3) is 2.72. The second-order valence-electron chi connectivity index (χ2n) is 4.27. The van der Waals surface area contributed by atoms with Crippen LogP contribution in [0.15, 0.2) is 54.6 Å². The molecule has 0 bridgehead atoms. The molecule has 0 radical (unpaired) electrons. The fourth-order valence-corrected chi connectivity index (χ4v) is 1.78. The van der Waals surface area contributed by atoms with Crippen molar-refractivity contribution in [2.45, 2.75) is 13.3 Å². The van der Waals surface area contributed by atoms with Crippen molar-refractivity contribution in [3.8, 4) is 0 Å². The van der Waals surface area contributed by atoms with Crippen LogP contribution in [0.5, 0.6) is 0 Å². The van der Waals surface area contributed by atoms with E-state index in [0.29, 0.717) is 0 Å². The van der Waals surface area contributed by atoms with Gasteiger partial charge in [-0.3, -0.25) is 0 Å². The summed E-state index contributed by atoms with van der Waals surface area (Å²) in [5.74, 6) is 0. The summed E-state index contributed by atoms with van der Waals surface area (Å²) >= 11 is 0. The number of para-hydroxylation sites is 1. The summed E-state index contributed by atoms with van der Waals surface area (Å²) < 4.78 is 0. The molecule has 0 amide bonds. The van der Waals surface area contributed by atoms with Gasteiger partial charge in [0.1, 0.15) is 0 Å². The fourth-order valence-electron chi connectivity index (χ4n) is 1.78. The second-order valence-corrected chi connectivity index (χ2v) is 4.27. The van der Waals surface area contributed by atoms with Gasteiger partial charge in [-0.15, -0.1) is 0 Å². The highest BCUT2D eigenvalue weighted by atomic mass is 14.9. The van der Waals surface area contributed by atoms with Gasteiger partial charge in [-0.25, -0.2) is 0 Å². The average molecular weight is 199 g/mol. The molecule has 0 aromatic heterocycles. The summed E-state index contributed by atoms with van der Waals surface area (Å²) in [5, 5.41) is 3.45. The largest absolute Gasteiger partial charge is 0.384 e. The molecule has 1 nitrogen and oxygen atoms in total. The third-order valence-electron chi connectivity index (χ3n) is 2.72. The molecule has 1 heteroatoms. The number of benzene rings is 1. The number of anilines is 1. The minimum atomic E-state index is 0.161. The van der Waals surface area contributed by atoms with Crippen molar-refractivity contribution in [2.24, 2.45) is 5.41 Å². The normalized spacial score (nSPS) is 17.7. The van der Waals surface area contributed by atoms with Crippen LogP contribution >= 0.6 is 0 Å². The SMILES string of the molecule is CC1(CNc2ccccc2)C=CCC=C1. The molecule has 0 saturated carbocycles. The van der Waals surface area contributed by atoms with E-state index in [1.807, 2.05) is 6.07 Å². The lowest BCUT2D eigenvalue weighted by Crippen LogP contribution is -2.23. The van der Waals surface area contributed by atoms with Gasteiger partial charge in [-0.2, -0.15) is 0 Å². The van der Waals surface area contributed by atoms with Crippen molar-refractivity contribution in [1.82, 2.24) is 0 Å². The van der Waals surface area contributed by atoms with Gasteiger partial charge in [0.2, 0.25) is 0 Å². The van der Waals surface area contributed by atoms with Gasteiger partial charge in [0.25, 0.3) is 0 Å². The Labute approximate surface area is 91.5 Å². The van der Waals surface area contributed by atoms with Crippen molar-refractivity contribution >= 4 is 5.69 Å². The van der Waals surface area contributed by atoms with Gasteiger partial charge < -0.3 is 5.32 Å². The molecule has 2 rings (SSSR count). The molecule has 0 aliphatic heterocycles. The Kier molecular flexibility index (Phi) is 2.91. The summed E-state index contributed by atoms with van der Waals surface area (Å²) in [5.41, 5.74) is 1.35. The summed E-state index contributed by atoms with van der Waals surface area (Å²) in [6.45, 7) is 3.19. The molecule has 78 valence electrons. The van der Waals surface area contributed by atoms with E-state index in [2.05, 4.69) is 60.8 Å². The molecule has 0 atom stereocenters. The van der Waals surface area contributed by atoms with E-state index in [-0.39, 0.29) is 5.41 Å². The molecule has 0 saturated heterocycles. The van der Waals surface area contributed by atoms with E-state index in [0.717, 1.165) is 13.0 Å². The van der Waals surface area contributed by atoms with Crippen LogP contribution in [-0.4, -0.2) is 6.54 Å². The number of hydrogen-bond acceptors (Lipinski definition) is 1. The summed E-state index contributed by atoms with van der Waals surface area (Å²) in [4.78, 5) is 0. The molecule has 15 heavy (non-hydrogen) atoms. The van der Waals surface area contributed by atoms with Gasteiger partial charge in [0.15, 0.2) is 0 Å². The van der Waals surface area contributed by atoms with Crippen LogP contribution in [-0.2, 0) is 0 Å². The third-order valence-corrected chi connectivity index (χ3v) is 2.72. The highest BCUT2D eigenvalue weighted by Crippen LogP contribution is 2.24. The lowest BCUT2D eigenvalue weighted by atomic mass is 9.86. The molecule has 0 heterocycles. The van der Waals surface area contributed by atoms with Crippen LogP contribution in [0.3, 0.4) is 0 Å². The summed E-state index contributed by atoms with van der Waals surface area (Å²) in [6.07, 6.45) is 10.1. The Bertz CT molecular complexity index is 350. The topological polar surface area (TPSA) is 12.0 Å². The first kappa shape index (κ1) is 10.0. The minimum Gasteiger partial charge on any atom is -0.384 e. The lowest BCUT2D eigenvalue weighted by Gasteiger charge is -2.25. The highest BCUT2D eigenvalue weighted by molar-refractivity contribution is 5.43. The average Bonchev–Trinajstić information content (AvgIpc) is 2.29. The van der Waals surface area contributed by atoms with E-state index >= 15 is 0 Å². The zero-order valence-electron chi connectivity index (χ0n) is 9.11. The van der Waals surface area contributed by atoms with Gasteiger partial charge in [-0.05, 0) is 18.6 Å². The van der Waals surface area contributed by atoms with Gasteiger partial charge in [0, 0.05) is 17.6 Å². The highest BCUT2D eigenvalue weighted by Gasteiger charge is 2.17. The molecule has 1 N–H and O–H groups in total. The quantitative estimate of drug-likeness (QED) is 0.733. The standard InChI is InChI=1S/C14H17N/c1-14(10-6-3-7-11-14)12-15-13-8-4-2-5-9-13/h2,4-11,15H,3,12H2,1H3. The smallest absolute Gasteiger partial charge is 0.0340 e. The van der Waals surface area contributed by atoms with E-state index in [9.17, 15) is 0 Å². The molecule has 1 aromatic carbocycles. The van der Waals surface area contributed by atoms with Gasteiger partial charge >= 0.3 is 0 Å². The molecular formula is C14H17N. The maximum atomic E-state index is 3.45. The maximum Gasteiger partial charge on any atom is 0.0340 e. The first-order chi connectivity index (χ1) is 7.29. The Hall–Kier alpha value is -1.50. The molecule has 1 aromatic rings. The summed E-state index contributed by atoms with van der Waals surface area (Å²) in [6, 6.07) is 10.3. The molecule has 0 unspecified atom stereocenters. The molecule has 0 fully saturated rings. The zero-order valence-corrected chi connectivity index (χ0v) is 9.11. The van der Waals surface area contributed by atoms with Crippen LogP contribution in [0.25, 0.3) is 0 Å². The Morgan fingerprint density at radius 2 is 1.80 bits per heavy atom. The number of hydrogen-bond donors (Lipinski definition) is 1. The first-order valence-corrected chi connectivity index (χ1v) is 5.43. The van der Waals surface area contributed by atoms with Crippen molar-refractivity contribution in [3.63, 3.8) is 0 Å². The number of rotatable bonds is 3. The van der Waals surface area contributed by atoms with Crippen LogP contribution in [0, 0.1) is 5.41 Å². The molecule has 0 spiro atoms. The predicted molar refractivity (Wildman–Crippen MR) is 65.9 cm³/mol. The molecular weight excluding hydrogens is 182 g/mol. The molecule has 1 aliphatic carbocycles. The second kappa shape index (κ2) is 4.35.